The van der Waals surface area contributed by atoms with E-state index in [1.165, 1.54) is 6.20 Å². The summed E-state index contributed by atoms with van der Waals surface area (Å²) in [5.41, 5.74) is -1.22. The van der Waals surface area contributed by atoms with E-state index in [0.717, 1.165) is 10.6 Å². The highest BCUT2D eigenvalue weighted by atomic mass is 79.9. The molecule has 8 heteroatoms. The van der Waals surface area contributed by atoms with E-state index in [0.29, 0.717) is 5.33 Å². The normalized spacial score (nSPS) is 32.9. The average molecular weight is 307 g/mol. The molecule has 7 nitrogen and oxygen atoms in total. The Hall–Kier alpha value is -0.960. The molecule has 0 bridgehead atoms. The molecule has 0 aromatic carbocycles. The number of H-pyrrole nitrogens is 1. The van der Waals surface area contributed by atoms with E-state index in [-0.39, 0.29) is 0 Å². The molecule has 1 aromatic heterocycles. The second-order valence-corrected chi connectivity index (χ2v) is 4.37. The molecule has 0 unspecified atom stereocenters. The second-order valence-electron chi connectivity index (χ2n) is 3.72. The molecule has 94 valence electrons. The monoisotopic (exact) mass is 306 g/mol. The summed E-state index contributed by atoms with van der Waals surface area (Å²) >= 11 is 3.13. The van der Waals surface area contributed by atoms with Crippen molar-refractivity contribution in [2.75, 3.05) is 5.33 Å². The molecule has 1 fully saturated rings. The number of hydrogen-bond acceptors (Lipinski definition) is 5. The molecule has 1 saturated heterocycles. The number of rotatable bonds is 2. The standard InChI is InChI=1S/C9H11BrN2O5/c10-3-4-6(14)7(15)8(17-4)12-2-1-5(13)11-9(12)16/h1-2,4,6-8,14-15H,3H2,(H,11,13,16)/t4-,6-,7-,8-/m1/s1. The van der Waals surface area contributed by atoms with E-state index < -0.39 is 35.8 Å². The third-order valence-electron chi connectivity index (χ3n) is 2.61. The first kappa shape index (κ1) is 12.5. The molecule has 1 aliphatic rings. The van der Waals surface area contributed by atoms with Gasteiger partial charge in [-0.15, -0.1) is 0 Å². The van der Waals surface area contributed by atoms with Gasteiger partial charge in [-0.2, -0.15) is 0 Å². The number of aliphatic hydroxyl groups is 2. The topological polar surface area (TPSA) is 105 Å². The van der Waals surface area contributed by atoms with Crippen LogP contribution >= 0.6 is 15.9 Å². The highest BCUT2D eigenvalue weighted by Crippen LogP contribution is 2.28. The van der Waals surface area contributed by atoms with Gasteiger partial charge in [0.2, 0.25) is 0 Å². The van der Waals surface area contributed by atoms with Crippen LogP contribution in [-0.2, 0) is 4.74 Å². The zero-order valence-corrected chi connectivity index (χ0v) is 10.2. The minimum atomic E-state index is -1.22. The summed E-state index contributed by atoms with van der Waals surface area (Å²) in [6, 6.07) is 1.14. The van der Waals surface area contributed by atoms with E-state index in [2.05, 4.69) is 20.9 Å². The molecule has 0 aliphatic carbocycles. The molecule has 4 atom stereocenters. The molecule has 0 radical (unpaired) electrons. The molecule has 3 N–H and O–H groups in total. The van der Waals surface area contributed by atoms with Crippen molar-refractivity contribution in [2.45, 2.75) is 24.5 Å². The van der Waals surface area contributed by atoms with Crippen LogP contribution < -0.4 is 11.2 Å². The SMILES string of the molecule is O=c1ccn([C@@H]2O[C@H](CBr)[C@@H](O)[C@H]2O)c(=O)[nH]1. The quantitative estimate of drug-likeness (QED) is 0.580. The maximum Gasteiger partial charge on any atom is 0.330 e. The molecule has 0 amide bonds. The molecular weight excluding hydrogens is 296 g/mol. The summed E-state index contributed by atoms with van der Waals surface area (Å²) in [7, 11) is 0. The van der Waals surface area contributed by atoms with E-state index in [4.69, 9.17) is 4.74 Å². The number of alkyl halides is 1. The lowest BCUT2D eigenvalue weighted by atomic mass is 10.1. The molecule has 17 heavy (non-hydrogen) atoms. The summed E-state index contributed by atoms with van der Waals surface area (Å²) in [5.74, 6) is 0. The van der Waals surface area contributed by atoms with Gasteiger partial charge in [0, 0.05) is 17.6 Å². The van der Waals surface area contributed by atoms with Crippen molar-refractivity contribution in [2.24, 2.45) is 0 Å². The number of hydrogen-bond donors (Lipinski definition) is 3. The Morgan fingerprint density at radius 2 is 2.12 bits per heavy atom. The van der Waals surface area contributed by atoms with E-state index >= 15 is 0 Å². The fourth-order valence-corrected chi connectivity index (χ4v) is 2.25. The van der Waals surface area contributed by atoms with Crippen LogP contribution in [0, 0.1) is 0 Å². The summed E-state index contributed by atoms with van der Waals surface area (Å²) in [6.45, 7) is 0. The van der Waals surface area contributed by atoms with Gasteiger partial charge in [0.05, 0.1) is 6.10 Å². The van der Waals surface area contributed by atoms with Gasteiger partial charge in [-0.25, -0.2) is 4.79 Å². The van der Waals surface area contributed by atoms with Gasteiger partial charge >= 0.3 is 5.69 Å². The highest BCUT2D eigenvalue weighted by molar-refractivity contribution is 9.09. The number of halogens is 1. The van der Waals surface area contributed by atoms with Crippen molar-refractivity contribution in [3.05, 3.63) is 33.1 Å². The first-order valence-corrected chi connectivity index (χ1v) is 6.06. The first-order chi connectivity index (χ1) is 8.04. The number of aliphatic hydroxyl groups excluding tert-OH is 2. The van der Waals surface area contributed by atoms with Gasteiger partial charge < -0.3 is 14.9 Å². The van der Waals surface area contributed by atoms with Crippen molar-refractivity contribution >= 4 is 15.9 Å². The van der Waals surface area contributed by atoms with Crippen LogP contribution in [0.1, 0.15) is 6.23 Å². The molecule has 1 aliphatic heterocycles. The predicted molar refractivity (Wildman–Crippen MR) is 61.0 cm³/mol. The van der Waals surface area contributed by atoms with E-state index in [1.807, 2.05) is 0 Å². The largest absolute Gasteiger partial charge is 0.387 e. The summed E-state index contributed by atoms with van der Waals surface area (Å²) in [4.78, 5) is 24.4. The summed E-state index contributed by atoms with van der Waals surface area (Å²) < 4.78 is 6.38. The molecule has 0 saturated carbocycles. The number of nitrogens with one attached hydrogen (secondary N) is 1. The van der Waals surface area contributed by atoms with Crippen LogP contribution in [0.2, 0.25) is 0 Å². The number of ether oxygens (including phenoxy) is 1. The number of nitrogens with zero attached hydrogens (tertiary/aromatic N) is 1. The lowest BCUT2D eigenvalue weighted by Crippen LogP contribution is -2.37. The smallest absolute Gasteiger partial charge is 0.330 e. The van der Waals surface area contributed by atoms with Gasteiger partial charge in [0.15, 0.2) is 6.23 Å². The Bertz CT molecular complexity index is 513. The molecule has 2 rings (SSSR count). The van der Waals surface area contributed by atoms with E-state index in [9.17, 15) is 19.8 Å². The number of aromatic nitrogens is 2. The maximum absolute atomic E-state index is 11.5. The molecule has 0 spiro atoms. The lowest BCUT2D eigenvalue weighted by Gasteiger charge is -2.16. The van der Waals surface area contributed by atoms with Crippen LogP contribution in [0.5, 0.6) is 0 Å². The van der Waals surface area contributed by atoms with Crippen molar-refractivity contribution in [1.29, 1.82) is 0 Å². The second kappa shape index (κ2) is 4.73. The summed E-state index contributed by atoms with van der Waals surface area (Å²) in [6.07, 6.45) is -2.69. The average Bonchev–Trinajstić information content (AvgIpc) is 2.57. The third-order valence-corrected chi connectivity index (χ3v) is 3.25. The first-order valence-electron chi connectivity index (χ1n) is 4.93. The Morgan fingerprint density at radius 3 is 2.65 bits per heavy atom. The van der Waals surface area contributed by atoms with Gasteiger partial charge in [-0.1, -0.05) is 15.9 Å². The predicted octanol–water partition coefficient (Wildman–Crippen LogP) is -1.45. The van der Waals surface area contributed by atoms with Gasteiger partial charge in [-0.05, 0) is 0 Å². The third kappa shape index (κ3) is 2.21. The van der Waals surface area contributed by atoms with Gasteiger partial charge in [-0.3, -0.25) is 14.3 Å². The Morgan fingerprint density at radius 1 is 1.41 bits per heavy atom. The van der Waals surface area contributed by atoms with Crippen molar-refractivity contribution in [3.63, 3.8) is 0 Å². The highest BCUT2D eigenvalue weighted by Gasteiger charge is 2.43. The van der Waals surface area contributed by atoms with Gasteiger partial charge in [0.25, 0.3) is 5.56 Å². The van der Waals surface area contributed by atoms with Crippen LogP contribution in [0.25, 0.3) is 0 Å². The fourth-order valence-electron chi connectivity index (χ4n) is 1.71. The molecule has 2 heterocycles. The summed E-state index contributed by atoms with van der Waals surface area (Å²) in [5, 5.41) is 19.7. The molecular formula is C9H11BrN2O5. The zero-order chi connectivity index (χ0) is 12.6. The lowest BCUT2D eigenvalue weighted by molar-refractivity contribution is -0.0338. The Labute approximate surface area is 104 Å². The van der Waals surface area contributed by atoms with Gasteiger partial charge in [0.1, 0.15) is 12.2 Å². The Balaban J connectivity index is 2.35. The van der Waals surface area contributed by atoms with Crippen LogP contribution in [0.4, 0.5) is 0 Å². The fraction of sp³-hybridized carbons (Fsp3) is 0.556. The minimum absolute atomic E-state index is 0.333. The van der Waals surface area contributed by atoms with Crippen LogP contribution in [0.3, 0.4) is 0 Å². The van der Waals surface area contributed by atoms with Crippen LogP contribution in [0.15, 0.2) is 21.9 Å². The van der Waals surface area contributed by atoms with E-state index in [1.54, 1.807) is 0 Å². The Kier molecular flexibility index (Phi) is 3.48. The number of aromatic amines is 1. The van der Waals surface area contributed by atoms with Crippen molar-refractivity contribution in [1.82, 2.24) is 9.55 Å². The zero-order valence-electron chi connectivity index (χ0n) is 8.62. The van der Waals surface area contributed by atoms with Crippen LogP contribution in [-0.4, -0.2) is 43.4 Å². The maximum atomic E-state index is 11.5. The van der Waals surface area contributed by atoms with Crippen molar-refractivity contribution < 1.29 is 14.9 Å². The van der Waals surface area contributed by atoms with Crippen molar-refractivity contribution in [3.8, 4) is 0 Å². The minimum Gasteiger partial charge on any atom is -0.387 e. The molecule has 1 aromatic rings.